The molecule has 132 valence electrons. The van der Waals surface area contributed by atoms with Gasteiger partial charge >= 0.3 is 6.18 Å². The van der Waals surface area contributed by atoms with E-state index in [0.717, 1.165) is 35.7 Å². The molecule has 0 spiro atoms. The van der Waals surface area contributed by atoms with Crippen molar-refractivity contribution in [3.05, 3.63) is 35.4 Å². The van der Waals surface area contributed by atoms with Gasteiger partial charge in [0.1, 0.15) is 6.54 Å². The van der Waals surface area contributed by atoms with E-state index in [1.165, 1.54) is 12.1 Å². The van der Waals surface area contributed by atoms with Crippen LogP contribution in [-0.4, -0.2) is 25.3 Å². The van der Waals surface area contributed by atoms with Gasteiger partial charge in [0, 0.05) is 6.04 Å². The Morgan fingerprint density at radius 1 is 1.21 bits per heavy atom. The van der Waals surface area contributed by atoms with E-state index in [2.05, 4.69) is 0 Å². The van der Waals surface area contributed by atoms with Crippen molar-refractivity contribution in [3.63, 3.8) is 0 Å². The molecule has 2 rings (SSSR count). The molecule has 0 radical (unpaired) electrons. The summed E-state index contributed by atoms with van der Waals surface area (Å²) < 4.78 is 64.8. The minimum absolute atomic E-state index is 0.0728. The zero-order chi connectivity index (χ0) is 17.8. The van der Waals surface area contributed by atoms with E-state index in [0.29, 0.717) is 12.8 Å². The number of hydrogen-bond donors (Lipinski definition) is 0. The van der Waals surface area contributed by atoms with E-state index < -0.39 is 27.5 Å². The molecular formula is C16H19F3N2O2S. The van der Waals surface area contributed by atoms with Gasteiger partial charge in [-0.25, -0.2) is 8.42 Å². The van der Waals surface area contributed by atoms with Crippen LogP contribution in [0.4, 0.5) is 13.2 Å². The van der Waals surface area contributed by atoms with Crippen LogP contribution in [0, 0.1) is 11.3 Å². The number of nitriles is 1. The highest BCUT2D eigenvalue weighted by molar-refractivity contribution is 7.88. The van der Waals surface area contributed by atoms with Crippen LogP contribution in [0.5, 0.6) is 0 Å². The number of alkyl halides is 3. The topological polar surface area (TPSA) is 61.2 Å². The molecule has 1 fully saturated rings. The van der Waals surface area contributed by atoms with Crippen molar-refractivity contribution in [3.8, 4) is 6.07 Å². The monoisotopic (exact) mass is 360 g/mol. The van der Waals surface area contributed by atoms with Crippen LogP contribution >= 0.6 is 0 Å². The molecule has 1 aliphatic carbocycles. The van der Waals surface area contributed by atoms with Crippen LogP contribution in [-0.2, 0) is 22.0 Å². The third-order valence-electron chi connectivity index (χ3n) is 4.17. The third kappa shape index (κ3) is 4.71. The van der Waals surface area contributed by atoms with Gasteiger partial charge in [-0.05, 0) is 24.5 Å². The normalized spacial score (nSPS) is 17.0. The lowest BCUT2D eigenvalue weighted by Gasteiger charge is -2.31. The summed E-state index contributed by atoms with van der Waals surface area (Å²) in [5.74, 6) is -0.533. The summed E-state index contributed by atoms with van der Waals surface area (Å²) in [6.07, 6.45) is -0.329. The largest absolute Gasteiger partial charge is 0.416 e. The Kier molecular flexibility index (Phi) is 5.88. The number of rotatable bonds is 5. The van der Waals surface area contributed by atoms with Crippen LogP contribution < -0.4 is 0 Å². The van der Waals surface area contributed by atoms with Crippen molar-refractivity contribution < 1.29 is 21.6 Å². The lowest BCUT2D eigenvalue weighted by Crippen LogP contribution is -2.42. The molecule has 0 heterocycles. The summed E-state index contributed by atoms with van der Waals surface area (Å²) in [6, 6.07) is 5.93. The van der Waals surface area contributed by atoms with Crippen LogP contribution in [0.25, 0.3) is 0 Å². The van der Waals surface area contributed by atoms with E-state index in [4.69, 9.17) is 5.26 Å². The van der Waals surface area contributed by atoms with Crippen molar-refractivity contribution in [2.45, 2.75) is 50.1 Å². The Balaban J connectivity index is 2.23. The summed E-state index contributed by atoms with van der Waals surface area (Å²) in [7, 11) is -3.86. The molecule has 0 aliphatic heterocycles. The summed E-state index contributed by atoms with van der Waals surface area (Å²) in [5.41, 5.74) is -0.803. The van der Waals surface area contributed by atoms with Crippen molar-refractivity contribution in [2.24, 2.45) is 0 Å². The number of benzene rings is 1. The molecule has 4 nitrogen and oxygen atoms in total. The first-order valence-corrected chi connectivity index (χ1v) is 9.37. The maximum atomic E-state index is 12.8. The summed E-state index contributed by atoms with van der Waals surface area (Å²) in [4.78, 5) is 0. The highest BCUT2D eigenvalue weighted by Gasteiger charge is 2.33. The fourth-order valence-electron chi connectivity index (χ4n) is 3.02. The predicted octanol–water partition coefficient (Wildman–Crippen LogP) is 3.69. The lowest BCUT2D eigenvalue weighted by molar-refractivity contribution is -0.137. The Labute approximate surface area is 139 Å². The molecule has 0 saturated heterocycles. The molecule has 1 aliphatic rings. The fraction of sp³-hybridized carbons (Fsp3) is 0.562. The average Bonchev–Trinajstić information content (AvgIpc) is 2.52. The molecule has 0 N–H and O–H groups in total. The Bertz CT molecular complexity index is 705. The molecule has 0 bridgehead atoms. The first kappa shape index (κ1) is 18.7. The predicted molar refractivity (Wildman–Crippen MR) is 83.3 cm³/mol. The SMILES string of the molecule is N#CCN(C1CCCCC1)S(=O)(=O)Cc1cccc(C(F)(F)F)c1. The quantitative estimate of drug-likeness (QED) is 0.753. The number of sulfonamides is 1. The first-order valence-electron chi connectivity index (χ1n) is 7.76. The smallest absolute Gasteiger partial charge is 0.212 e. The van der Waals surface area contributed by atoms with Gasteiger partial charge in [-0.1, -0.05) is 37.5 Å². The highest BCUT2D eigenvalue weighted by Crippen LogP contribution is 2.31. The first-order chi connectivity index (χ1) is 11.2. The lowest BCUT2D eigenvalue weighted by atomic mass is 9.95. The van der Waals surface area contributed by atoms with Crippen LogP contribution in [0.2, 0.25) is 0 Å². The summed E-state index contributed by atoms with van der Waals surface area (Å²) in [5, 5.41) is 8.94. The zero-order valence-corrected chi connectivity index (χ0v) is 13.9. The Morgan fingerprint density at radius 3 is 2.46 bits per heavy atom. The Morgan fingerprint density at radius 2 is 1.88 bits per heavy atom. The highest BCUT2D eigenvalue weighted by atomic mass is 32.2. The maximum Gasteiger partial charge on any atom is 0.416 e. The van der Waals surface area contributed by atoms with Gasteiger partial charge in [-0.2, -0.15) is 22.7 Å². The fourth-order valence-corrected chi connectivity index (χ4v) is 4.71. The standard InChI is InChI=1S/C16H19F3N2O2S/c17-16(18,19)14-6-4-5-13(11-14)12-24(22,23)21(10-9-20)15-7-2-1-3-8-15/h4-6,11,15H,1-3,7-8,10,12H2. The summed E-state index contributed by atoms with van der Waals surface area (Å²) in [6.45, 7) is -0.272. The van der Waals surface area contributed by atoms with Gasteiger partial charge in [0.05, 0.1) is 17.4 Å². The molecule has 1 aromatic rings. The molecule has 8 heteroatoms. The molecular weight excluding hydrogens is 341 g/mol. The number of hydrogen-bond acceptors (Lipinski definition) is 3. The maximum absolute atomic E-state index is 12.8. The molecule has 0 aromatic heterocycles. The van der Waals surface area contributed by atoms with Gasteiger partial charge in [0.25, 0.3) is 0 Å². The molecule has 0 atom stereocenters. The molecule has 0 amide bonds. The van der Waals surface area contributed by atoms with Crippen LogP contribution in [0.3, 0.4) is 0 Å². The number of nitrogens with zero attached hydrogens (tertiary/aromatic N) is 2. The van der Waals surface area contributed by atoms with E-state index in [1.807, 2.05) is 6.07 Å². The second kappa shape index (κ2) is 7.53. The molecule has 1 aromatic carbocycles. The molecule has 24 heavy (non-hydrogen) atoms. The second-order valence-electron chi connectivity index (χ2n) is 5.95. The van der Waals surface area contributed by atoms with E-state index in [1.54, 1.807) is 0 Å². The number of halogens is 3. The van der Waals surface area contributed by atoms with Crippen LogP contribution in [0.15, 0.2) is 24.3 Å². The Hall–Kier alpha value is -1.59. The minimum atomic E-state index is -4.52. The summed E-state index contributed by atoms with van der Waals surface area (Å²) >= 11 is 0. The van der Waals surface area contributed by atoms with Gasteiger partial charge in [-0.15, -0.1) is 0 Å². The van der Waals surface area contributed by atoms with Crippen LogP contribution in [0.1, 0.15) is 43.2 Å². The van der Waals surface area contributed by atoms with Gasteiger partial charge in [0.15, 0.2) is 0 Å². The van der Waals surface area contributed by atoms with Crippen molar-refractivity contribution in [1.29, 1.82) is 5.26 Å². The van der Waals surface area contributed by atoms with Crippen molar-refractivity contribution in [1.82, 2.24) is 4.31 Å². The van der Waals surface area contributed by atoms with E-state index in [-0.39, 0.29) is 18.2 Å². The third-order valence-corrected chi connectivity index (χ3v) is 6.01. The van der Waals surface area contributed by atoms with Gasteiger partial charge in [0.2, 0.25) is 10.0 Å². The average molecular weight is 360 g/mol. The zero-order valence-electron chi connectivity index (χ0n) is 13.1. The van der Waals surface area contributed by atoms with E-state index in [9.17, 15) is 21.6 Å². The van der Waals surface area contributed by atoms with Gasteiger partial charge in [-0.3, -0.25) is 0 Å². The van der Waals surface area contributed by atoms with E-state index >= 15 is 0 Å². The molecule has 1 saturated carbocycles. The second-order valence-corrected chi connectivity index (χ2v) is 7.87. The molecule has 0 unspecified atom stereocenters. The van der Waals surface area contributed by atoms with Crippen molar-refractivity contribution in [2.75, 3.05) is 6.54 Å². The van der Waals surface area contributed by atoms with Gasteiger partial charge < -0.3 is 0 Å². The van der Waals surface area contributed by atoms with Crippen molar-refractivity contribution >= 4 is 10.0 Å². The minimum Gasteiger partial charge on any atom is -0.212 e.